The third kappa shape index (κ3) is 5.89. The van der Waals surface area contributed by atoms with Gasteiger partial charge in [-0.1, -0.05) is 68.4 Å². The van der Waals surface area contributed by atoms with E-state index in [4.69, 9.17) is 0 Å². The number of piperidine rings is 1. The Morgan fingerprint density at radius 2 is 1.85 bits per heavy atom. The number of rotatable bonds is 7. The van der Waals surface area contributed by atoms with E-state index >= 15 is 0 Å². The van der Waals surface area contributed by atoms with Crippen molar-refractivity contribution in [1.29, 1.82) is 0 Å². The van der Waals surface area contributed by atoms with Crippen molar-refractivity contribution in [2.24, 2.45) is 5.92 Å². The molecular formula is C27H32N4O2. The lowest BCUT2D eigenvalue weighted by Gasteiger charge is -2.33. The van der Waals surface area contributed by atoms with Crippen LogP contribution in [0.4, 0.5) is 5.69 Å². The molecule has 1 aliphatic rings. The Hall–Kier alpha value is -3.41. The summed E-state index contributed by atoms with van der Waals surface area (Å²) in [5.41, 5.74) is 4.09. The number of benzene rings is 2. The Morgan fingerprint density at radius 1 is 1.09 bits per heavy atom. The largest absolute Gasteiger partial charge is 0.369 e. The first-order chi connectivity index (χ1) is 16.0. The number of carbonyl (C=O) groups excluding carboxylic acids is 1. The summed E-state index contributed by atoms with van der Waals surface area (Å²) in [5, 5.41) is 7.47. The normalized spacial score (nSPS) is 16.1. The minimum absolute atomic E-state index is 0.0676. The van der Waals surface area contributed by atoms with Crippen molar-refractivity contribution in [3.63, 3.8) is 0 Å². The molecule has 0 radical (unpaired) electrons. The van der Waals surface area contributed by atoms with Crippen molar-refractivity contribution in [2.45, 2.75) is 45.7 Å². The van der Waals surface area contributed by atoms with Crippen LogP contribution in [0.2, 0.25) is 0 Å². The van der Waals surface area contributed by atoms with E-state index in [1.54, 1.807) is 12.3 Å². The maximum atomic E-state index is 12.8. The fraction of sp³-hybridized carbons (Fsp3) is 0.370. The monoisotopic (exact) mass is 444 g/mol. The minimum Gasteiger partial charge on any atom is -0.369 e. The summed E-state index contributed by atoms with van der Waals surface area (Å²) in [6, 6.07) is 19.9. The number of nitrogens with zero attached hydrogens (tertiary/aromatic N) is 3. The van der Waals surface area contributed by atoms with E-state index in [1.807, 2.05) is 30.3 Å². The summed E-state index contributed by atoms with van der Waals surface area (Å²) in [7, 11) is 0. The first kappa shape index (κ1) is 22.8. The fourth-order valence-electron chi connectivity index (χ4n) is 4.25. The molecule has 1 atom stereocenters. The van der Waals surface area contributed by atoms with E-state index in [0.717, 1.165) is 36.2 Å². The lowest BCUT2D eigenvalue weighted by molar-refractivity contribution is -0.125. The lowest BCUT2D eigenvalue weighted by Crippen LogP contribution is -2.43. The fourth-order valence-corrected chi connectivity index (χ4v) is 4.25. The first-order valence-electron chi connectivity index (χ1n) is 11.7. The van der Waals surface area contributed by atoms with Gasteiger partial charge in [-0.3, -0.25) is 9.59 Å². The van der Waals surface area contributed by atoms with E-state index in [1.165, 1.54) is 10.2 Å². The lowest BCUT2D eigenvalue weighted by atomic mass is 9.96. The minimum atomic E-state index is -0.132. The van der Waals surface area contributed by atoms with E-state index in [9.17, 15) is 9.59 Å². The Bertz CT molecular complexity index is 1120. The molecular weight excluding hydrogens is 412 g/mol. The third-order valence-corrected chi connectivity index (χ3v) is 6.30. The molecule has 2 aromatic carbocycles. The Labute approximate surface area is 195 Å². The molecule has 6 heteroatoms. The highest BCUT2D eigenvalue weighted by Crippen LogP contribution is 2.22. The van der Waals surface area contributed by atoms with Gasteiger partial charge in [0.1, 0.15) is 0 Å². The van der Waals surface area contributed by atoms with Gasteiger partial charge in [0.25, 0.3) is 5.56 Å². The predicted molar refractivity (Wildman–Crippen MR) is 131 cm³/mol. The van der Waals surface area contributed by atoms with Gasteiger partial charge in [-0.15, -0.1) is 0 Å². The molecule has 1 aliphatic heterocycles. The molecule has 0 aliphatic carbocycles. The SMILES string of the molecule is CC(C)c1ccc(CNC(=O)C2CCCN(c3cnn(Cc4ccccc4)c(=O)c3)C2)cc1. The number of hydrogen-bond acceptors (Lipinski definition) is 4. The third-order valence-electron chi connectivity index (χ3n) is 6.30. The molecule has 0 bridgehead atoms. The zero-order valence-corrected chi connectivity index (χ0v) is 19.4. The molecule has 3 aromatic rings. The maximum Gasteiger partial charge on any atom is 0.269 e. The van der Waals surface area contributed by atoms with Gasteiger partial charge in [-0.25, -0.2) is 4.68 Å². The molecule has 1 amide bonds. The van der Waals surface area contributed by atoms with Crippen molar-refractivity contribution in [1.82, 2.24) is 15.1 Å². The van der Waals surface area contributed by atoms with Gasteiger partial charge in [0, 0.05) is 25.7 Å². The van der Waals surface area contributed by atoms with Crippen LogP contribution in [0.3, 0.4) is 0 Å². The zero-order chi connectivity index (χ0) is 23.2. The Kier molecular flexibility index (Phi) is 7.23. The van der Waals surface area contributed by atoms with Gasteiger partial charge >= 0.3 is 0 Å². The summed E-state index contributed by atoms with van der Waals surface area (Å²) in [6.07, 6.45) is 3.50. The number of aromatic nitrogens is 2. The van der Waals surface area contributed by atoms with E-state index in [-0.39, 0.29) is 17.4 Å². The van der Waals surface area contributed by atoms with Crippen molar-refractivity contribution in [2.75, 3.05) is 18.0 Å². The van der Waals surface area contributed by atoms with Gasteiger partial charge in [-0.2, -0.15) is 5.10 Å². The van der Waals surface area contributed by atoms with Gasteiger partial charge < -0.3 is 10.2 Å². The second-order valence-electron chi connectivity index (χ2n) is 9.09. The number of nitrogens with one attached hydrogen (secondary N) is 1. The van der Waals surface area contributed by atoms with Gasteiger partial charge in [-0.05, 0) is 35.4 Å². The van der Waals surface area contributed by atoms with Crippen molar-refractivity contribution < 1.29 is 4.79 Å². The summed E-state index contributed by atoms with van der Waals surface area (Å²) >= 11 is 0. The molecule has 1 unspecified atom stereocenters. The molecule has 1 N–H and O–H groups in total. The van der Waals surface area contributed by atoms with Crippen LogP contribution in [0, 0.1) is 5.92 Å². The quantitative estimate of drug-likeness (QED) is 0.599. The topological polar surface area (TPSA) is 67.2 Å². The summed E-state index contributed by atoms with van der Waals surface area (Å²) in [6.45, 7) is 6.75. The number of hydrogen-bond donors (Lipinski definition) is 1. The van der Waals surface area contributed by atoms with Crippen LogP contribution in [0.1, 0.15) is 49.3 Å². The van der Waals surface area contributed by atoms with E-state index in [0.29, 0.717) is 25.6 Å². The highest BCUT2D eigenvalue weighted by Gasteiger charge is 2.26. The van der Waals surface area contributed by atoms with Gasteiger partial charge in [0.15, 0.2) is 0 Å². The average Bonchev–Trinajstić information content (AvgIpc) is 2.84. The van der Waals surface area contributed by atoms with Crippen LogP contribution >= 0.6 is 0 Å². The second kappa shape index (κ2) is 10.5. The molecule has 0 spiro atoms. The molecule has 1 fully saturated rings. The molecule has 172 valence electrons. The van der Waals surface area contributed by atoms with Crippen LogP contribution in [-0.2, 0) is 17.9 Å². The molecule has 4 rings (SSSR count). The first-order valence-corrected chi connectivity index (χ1v) is 11.7. The molecule has 33 heavy (non-hydrogen) atoms. The standard InChI is InChI=1S/C27H32N4O2/c1-20(2)23-12-10-21(11-13-23)16-28-27(33)24-9-6-14-30(19-24)25-15-26(32)31(29-17-25)18-22-7-4-3-5-8-22/h3-5,7-8,10-13,15,17,20,24H,6,9,14,16,18-19H2,1-2H3,(H,28,33). The number of carbonyl (C=O) groups is 1. The molecule has 2 heterocycles. The summed E-state index contributed by atoms with van der Waals surface area (Å²) in [5.74, 6) is 0.468. The highest BCUT2D eigenvalue weighted by molar-refractivity contribution is 5.79. The predicted octanol–water partition coefficient (Wildman–Crippen LogP) is 3.95. The van der Waals surface area contributed by atoms with E-state index < -0.39 is 0 Å². The molecule has 0 saturated carbocycles. The van der Waals surface area contributed by atoms with Crippen LogP contribution in [0.5, 0.6) is 0 Å². The molecule has 1 aromatic heterocycles. The zero-order valence-electron chi connectivity index (χ0n) is 19.4. The second-order valence-corrected chi connectivity index (χ2v) is 9.09. The molecule has 6 nitrogen and oxygen atoms in total. The van der Waals surface area contributed by atoms with Gasteiger partial charge in [0.05, 0.1) is 24.3 Å². The van der Waals surface area contributed by atoms with Crippen LogP contribution in [-0.4, -0.2) is 28.8 Å². The number of amides is 1. The number of anilines is 1. The molecule has 1 saturated heterocycles. The van der Waals surface area contributed by atoms with Crippen LogP contribution < -0.4 is 15.8 Å². The van der Waals surface area contributed by atoms with Crippen molar-refractivity contribution in [3.8, 4) is 0 Å². The van der Waals surface area contributed by atoms with Crippen LogP contribution in [0.15, 0.2) is 71.7 Å². The van der Waals surface area contributed by atoms with Gasteiger partial charge in [0.2, 0.25) is 5.91 Å². The Balaban J connectivity index is 1.35. The highest BCUT2D eigenvalue weighted by atomic mass is 16.2. The maximum absolute atomic E-state index is 12.8. The van der Waals surface area contributed by atoms with Crippen molar-refractivity contribution in [3.05, 3.63) is 93.9 Å². The summed E-state index contributed by atoms with van der Waals surface area (Å²) < 4.78 is 1.47. The Morgan fingerprint density at radius 3 is 2.55 bits per heavy atom. The smallest absolute Gasteiger partial charge is 0.269 e. The summed E-state index contributed by atoms with van der Waals surface area (Å²) in [4.78, 5) is 27.6. The average molecular weight is 445 g/mol. The van der Waals surface area contributed by atoms with Crippen LogP contribution in [0.25, 0.3) is 0 Å². The van der Waals surface area contributed by atoms with E-state index in [2.05, 4.69) is 53.4 Å². The van der Waals surface area contributed by atoms with Crippen molar-refractivity contribution >= 4 is 11.6 Å².